The van der Waals surface area contributed by atoms with Crippen LogP contribution in [0.5, 0.6) is 0 Å². The van der Waals surface area contributed by atoms with E-state index >= 15 is 0 Å². The summed E-state index contributed by atoms with van der Waals surface area (Å²) < 4.78 is 0. The number of nitrogens with one attached hydrogen (secondary N) is 6. The van der Waals surface area contributed by atoms with Crippen LogP contribution in [0.2, 0.25) is 0 Å². The fourth-order valence-electron chi connectivity index (χ4n) is 6.33. The molecule has 67 heavy (non-hydrogen) atoms. The van der Waals surface area contributed by atoms with E-state index in [1.807, 2.05) is 16.0 Å². The molecule has 0 aromatic heterocycles. The van der Waals surface area contributed by atoms with Crippen molar-refractivity contribution in [2.24, 2.45) is 5.92 Å². The lowest BCUT2D eigenvalue weighted by Crippen LogP contribution is -2.64. The molecule has 1 rings (SSSR count). The molecule has 0 radical (unpaired) electrons. The zero-order chi connectivity index (χ0) is 51.3. The Labute approximate surface area is 382 Å². The van der Waals surface area contributed by atoms with Gasteiger partial charge in [-0.05, 0) is 6.42 Å². The van der Waals surface area contributed by atoms with Crippen LogP contribution in [0.4, 0.5) is 0 Å². The summed E-state index contributed by atoms with van der Waals surface area (Å²) in [5.74, 6) is -11.2. The Kier molecular flexibility index (Phi) is 26.8. The minimum Gasteiger partial charge on any atom is -0.481 e. The highest BCUT2D eigenvalue weighted by molar-refractivity contribution is 5.96. The third-order valence-corrected chi connectivity index (χ3v) is 10.6. The van der Waals surface area contributed by atoms with E-state index in [1.54, 1.807) is 9.80 Å². The first-order chi connectivity index (χ1) is 31.3. The molecule has 1 aliphatic rings. The standard InChI is InChI=1S/C37H66N8O22/c1-16(37(66)67)3-4-21(52)41-26(32(61)29(58)20(51)15-48)36(65)40-17(11-23(54)55)33(62)43-25(31(60)28(57)19(50)14-47)35(64)39-5-6-44-7-9-45(10-8-44)12-22(53)42-24(34(63)38-2)30(59)27(56)18(49)13-46/h16-20,24-32,46-51,56-61H,3-15H2,1-2H3,(H,38,63)(H,39,64)(H,40,65)(H,41,52)(H,42,53)(H,43,62)(H,54,55)(H,66,67)/t16-,17-,18+,19+,20+,24-,25-,26-,27+,28+,29+,30+,31+,32+/m0/s1. The summed E-state index contributed by atoms with van der Waals surface area (Å²) in [6.45, 7) is -1.39. The van der Waals surface area contributed by atoms with Gasteiger partial charge in [0.1, 0.15) is 79.1 Å². The highest BCUT2D eigenvalue weighted by Gasteiger charge is 2.42. The van der Waals surface area contributed by atoms with Crippen molar-refractivity contribution in [3.8, 4) is 0 Å². The Morgan fingerprint density at radius 3 is 1.40 bits per heavy atom. The number of likely N-dealkylation sites (N-methyl/N-ethyl adjacent to an activating group) is 1. The summed E-state index contributed by atoms with van der Waals surface area (Å²) in [5.41, 5.74) is 0. The number of carboxylic acids is 2. The molecule has 14 atom stereocenters. The van der Waals surface area contributed by atoms with Gasteiger partial charge in [0, 0.05) is 52.7 Å². The third kappa shape index (κ3) is 19.8. The molecule has 1 saturated heterocycles. The zero-order valence-corrected chi connectivity index (χ0v) is 36.7. The van der Waals surface area contributed by atoms with Crippen molar-refractivity contribution < 1.29 is 110 Å². The summed E-state index contributed by atoms with van der Waals surface area (Å²) in [6.07, 6.45) is -21.7. The van der Waals surface area contributed by atoms with Crippen LogP contribution in [0.1, 0.15) is 26.2 Å². The number of piperazine rings is 1. The molecule has 1 heterocycles. The lowest BCUT2D eigenvalue weighted by atomic mass is 9.98. The van der Waals surface area contributed by atoms with Crippen LogP contribution in [0.3, 0.4) is 0 Å². The maximum Gasteiger partial charge on any atom is 0.306 e. The number of hydrogen-bond donors (Lipinski definition) is 20. The molecule has 6 amide bonds. The van der Waals surface area contributed by atoms with Gasteiger partial charge in [0.15, 0.2) is 0 Å². The molecule has 386 valence electrons. The van der Waals surface area contributed by atoms with Crippen LogP contribution in [0, 0.1) is 5.92 Å². The first-order valence-corrected chi connectivity index (χ1v) is 20.9. The van der Waals surface area contributed by atoms with Crippen LogP contribution < -0.4 is 31.9 Å². The normalized spacial score (nSPS) is 19.7. The third-order valence-electron chi connectivity index (χ3n) is 10.6. The molecule has 1 fully saturated rings. The quantitative estimate of drug-likeness (QED) is 0.0307. The summed E-state index contributed by atoms with van der Waals surface area (Å²) in [6, 6.07) is -8.51. The monoisotopic (exact) mass is 974 g/mol. The number of nitrogens with zero attached hydrogens (tertiary/aromatic N) is 2. The van der Waals surface area contributed by atoms with Crippen LogP contribution >= 0.6 is 0 Å². The average Bonchev–Trinajstić information content (AvgIpc) is 3.30. The van der Waals surface area contributed by atoms with E-state index in [4.69, 9.17) is 10.2 Å². The number of aliphatic hydroxyl groups is 12. The summed E-state index contributed by atoms with van der Waals surface area (Å²) in [4.78, 5) is 105. The minimum atomic E-state index is -2.46. The van der Waals surface area contributed by atoms with E-state index in [1.165, 1.54) is 14.0 Å². The van der Waals surface area contributed by atoms with Crippen LogP contribution in [0.25, 0.3) is 0 Å². The molecular formula is C37H66N8O22. The van der Waals surface area contributed by atoms with E-state index in [0.717, 1.165) is 0 Å². The number of aliphatic hydroxyl groups excluding tert-OH is 12. The highest BCUT2D eigenvalue weighted by atomic mass is 16.4. The Balaban J connectivity index is 3.15. The molecule has 0 unspecified atom stereocenters. The Morgan fingerprint density at radius 2 is 0.970 bits per heavy atom. The molecule has 30 heteroatoms. The van der Waals surface area contributed by atoms with Crippen molar-refractivity contribution in [1.82, 2.24) is 41.7 Å². The maximum atomic E-state index is 13.6. The van der Waals surface area contributed by atoms with E-state index in [0.29, 0.717) is 0 Å². The second-order valence-corrected chi connectivity index (χ2v) is 15.7. The van der Waals surface area contributed by atoms with Gasteiger partial charge in [-0.25, -0.2) is 0 Å². The summed E-state index contributed by atoms with van der Waals surface area (Å²) in [7, 11) is 1.20. The molecule has 0 bridgehead atoms. The Hall–Kier alpha value is -4.80. The first-order valence-electron chi connectivity index (χ1n) is 20.9. The van der Waals surface area contributed by atoms with E-state index in [9.17, 15) is 99.6 Å². The molecule has 0 aliphatic carbocycles. The second kappa shape index (κ2) is 29.8. The summed E-state index contributed by atoms with van der Waals surface area (Å²) in [5, 5.41) is 151. The number of rotatable bonds is 31. The number of amides is 6. The van der Waals surface area contributed by atoms with Crippen molar-refractivity contribution in [2.45, 2.75) is 105 Å². The van der Waals surface area contributed by atoms with Gasteiger partial charge in [0.25, 0.3) is 0 Å². The maximum absolute atomic E-state index is 13.6. The van der Waals surface area contributed by atoms with Crippen LogP contribution in [-0.4, -0.2) is 280 Å². The Bertz CT molecular complexity index is 1630. The number of hydrogen-bond acceptors (Lipinski definition) is 22. The fourth-order valence-corrected chi connectivity index (χ4v) is 6.33. The molecule has 0 aromatic carbocycles. The van der Waals surface area contributed by atoms with Crippen molar-refractivity contribution in [2.75, 3.05) is 72.7 Å². The molecule has 0 aromatic rings. The van der Waals surface area contributed by atoms with E-state index < -0.39 is 165 Å². The smallest absolute Gasteiger partial charge is 0.306 e. The summed E-state index contributed by atoms with van der Waals surface area (Å²) >= 11 is 0. The SMILES string of the molecule is CNC(=O)[C@@H](NC(=O)CN1CCN(CCNC(=O)[C@@H](NC(=O)[C@H](CC(=O)O)NC(=O)[C@@H](NC(=O)CC[C@H](C)C(=O)O)[C@@H](O)[C@H](O)[C@H](O)CO)[C@@H](O)[C@H](O)[C@H](O)CO)CC1)[C@@H](O)[C@H](O)[C@H](O)CO. The predicted octanol–water partition coefficient (Wildman–Crippen LogP) is -12.4. The van der Waals surface area contributed by atoms with E-state index in [2.05, 4.69) is 16.0 Å². The van der Waals surface area contributed by atoms with Crippen LogP contribution in [-0.2, 0) is 38.4 Å². The lowest BCUT2D eigenvalue weighted by molar-refractivity contribution is -0.145. The van der Waals surface area contributed by atoms with Crippen molar-refractivity contribution in [3.05, 3.63) is 0 Å². The fraction of sp³-hybridized carbons (Fsp3) is 0.784. The molecular weight excluding hydrogens is 908 g/mol. The Morgan fingerprint density at radius 1 is 0.537 bits per heavy atom. The van der Waals surface area contributed by atoms with Gasteiger partial charge in [0.2, 0.25) is 35.4 Å². The predicted molar refractivity (Wildman–Crippen MR) is 221 cm³/mol. The number of carbonyl (C=O) groups excluding carboxylic acids is 6. The first kappa shape index (κ1) is 60.2. The van der Waals surface area contributed by atoms with Gasteiger partial charge in [-0.2, -0.15) is 0 Å². The van der Waals surface area contributed by atoms with Crippen molar-refractivity contribution in [1.29, 1.82) is 0 Å². The van der Waals surface area contributed by atoms with Gasteiger partial charge in [-0.1, -0.05) is 6.92 Å². The van der Waals surface area contributed by atoms with Crippen molar-refractivity contribution in [3.63, 3.8) is 0 Å². The minimum absolute atomic E-state index is 0.0829. The van der Waals surface area contributed by atoms with Gasteiger partial charge in [-0.3, -0.25) is 48.2 Å². The molecule has 0 spiro atoms. The molecule has 30 nitrogen and oxygen atoms in total. The highest BCUT2D eigenvalue weighted by Crippen LogP contribution is 2.12. The van der Waals surface area contributed by atoms with Gasteiger partial charge in [-0.15, -0.1) is 0 Å². The van der Waals surface area contributed by atoms with Gasteiger partial charge in [0.05, 0.1) is 38.7 Å². The topological polar surface area (TPSA) is 498 Å². The van der Waals surface area contributed by atoms with Crippen LogP contribution in [0.15, 0.2) is 0 Å². The number of carboxylic acid groups (broad SMARTS) is 2. The molecule has 1 aliphatic heterocycles. The zero-order valence-electron chi connectivity index (χ0n) is 36.7. The lowest BCUT2D eigenvalue weighted by Gasteiger charge is -2.35. The molecule has 20 N–H and O–H groups in total. The number of aliphatic carboxylic acids is 2. The number of carbonyl (C=O) groups is 8. The van der Waals surface area contributed by atoms with E-state index in [-0.39, 0.29) is 52.2 Å². The largest absolute Gasteiger partial charge is 0.481 e. The van der Waals surface area contributed by atoms with Gasteiger partial charge < -0.3 is 103 Å². The molecule has 0 saturated carbocycles. The van der Waals surface area contributed by atoms with Crippen molar-refractivity contribution >= 4 is 47.4 Å². The average molecular weight is 975 g/mol. The van der Waals surface area contributed by atoms with Gasteiger partial charge >= 0.3 is 11.9 Å². The second-order valence-electron chi connectivity index (χ2n) is 15.7.